The summed E-state index contributed by atoms with van der Waals surface area (Å²) in [5.41, 5.74) is 5.69. The molecule has 2 aromatic carbocycles. The van der Waals surface area contributed by atoms with Crippen molar-refractivity contribution in [2.75, 3.05) is 5.32 Å². The Kier molecular flexibility index (Phi) is 5.51. The van der Waals surface area contributed by atoms with Crippen LogP contribution in [0.15, 0.2) is 40.9 Å². The predicted molar refractivity (Wildman–Crippen MR) is 138 cm³/mol. The molecule has 2 saturated carbocycles. The Morgan fingerprint density at radius 2 is 1.77 bits per heavy atom. The zero-order valence-corrected chi connectivity index (χ0v) is 21.2. The van der Waals surface area contributed by atoms with Crippen LogP contribution in [0.25, 0.3) is 22.2 Å². The lowest BCUT2D eigenvalue weighted by molar-refractivity contribution is -0.119. The van der Waals surface area contributed by atoms with Crippen molar-refractivity contribution >= 4 is 38.6 Å². The van der Waals surface area contributed by atoms with E-state index in [1.807, 2.05) is 38.1 Å². The third kappa shape index (κ3) is 4.18. The first-order valence-electron chi connectivity index (χ1n) is 12.2. The number of rotatable bonds is 7. The van der Waals surface area contributed by atoms with Gasteiger partial charge < -0.3 is 10.3 Å². The molecule has 2 fully saturated rings. The summed E-state index contributed by atoms with van der Waals surface area (Å²) in [6.07, 6.45) is 4.56. The number of aryl methyl sites for hydroxylation is 2. The van der Waals surface area contributed by atoms with Crippen LogP contribution in [0.2, 0.25) is 0 Å². The summed E-state index contributed by atoms with van der Waals surface area (Å²) < 4.78 is 15.3. The molecule has 180 valence electrons. The molecular formula is C27H27BrFN5O. The van der Waals surface area contributed by atoms with Crippen LogP contribution in [0.3, 0.4) is 0 Å². The van der Waals surface area contributed by atoms with E-state index in [9.17, 15) is 9.18 Å². The number of fused-ring (bicyclic) bond motifs is 1. The number of carbonyl (C=O) groups is 1. The molecule has 1 atom stereocenters. The molecule has 2 heterocycles. The zero-order valence-electron chi connectivity index (χ0n) is 19.7. The summed E-state index contributed by atoms with van der Waals surface area (Å²) in [5.74, 6) is 0.903. The van der Waals surface area contributed by atoms with Gasteiger partial charge in [0, 0.05) is 21.4 Å². The Balaban J connectivity index is 1.33. The minimum atomic E-state index is -0.452. The number of aromatic amines is 2. The Hall–Kier alpha value is -3.00. The quantitative estimate of drug-likeness (QED) is 0.248. The van der Waals surface area contributed by atoms with Gasteiger partial charge in [-0.15, -0.1) is 0 Å². The lowest BCUT2D eigenvalue weighted by Crippen LogP contribution is -2.31. The number of halogens is 2. The average molecular weight is 536 g/mol. The molecule has 8 heteroatoms. The number of hydrogen-bond donors (Lipinski definition) is 3. The van der Waals surface area contributed by atoms with Crippen molar-refractivity contribution in [3.05, 3.63) is 63.9 Å². The molecule has 0 spiro atoms. The summed E-state index contributed by atoms with van der Waals surface area (Å²) in [4.78, 5) is 21.7. The number of amides is 1. The van der Waals surface area contributed by atoms with Gasteiger partial charge in [-0.2, -0.15) is 5.10 Å². The van der Waals surface area contributed by atoms with E-state index < -0.39 is 5.92 Å². The van der Waals surface area contributed by atoms with E-state index in [4.69, 9.17) is 4.98 Å². The second-order valence-electron chi connectivity index (χ2n) is 9.98. The number of nitrogens with zero attached hydrogens (tertiary/aromatic N) is 2. The summed E-state index contributed by atoms with van der Waals surface area (Å²) in [7, 11) is 0. The Labute approximate surface area is 211 Å². The van der Waals surface area contributed by atoms with Gasteiger partial charge in [0.15, 0.2) is 0 Å². The van der Waals surface area contributed by atoms with Gasteiger partial charge in [-0.05, 0) is 103 Å². The van der Waals surface area contributed by atoms with Crippen LogP contribution < -0.4 is 5.32 Å². The third-order valence-electron chi connectivity index (χ3n) is 7.43. The van der Waals surface area contributed by atoms with Crippen LogP contribution >= 0.6 is 15.9 Å². The van der Waals surface area contributed by atoms with Crippen molar-refractivity contribution in [1.82, 2.24) is 20.2 Å². The van der Waals surface area contributed by atoms with Gasteiger partial charge in [-0.3, -0.25) is 9.89 Å². The maximum Gasteiger partial charge on any atom is 0.235 e. The number of aromatic nitrogens is 4. The summed E-state index contributed by atoms with van der Waals surface area (Å²) in [6, 6.07) is 10.9. The van der Waals surface area contributed by atoms with Gasteiger partial charge in [0.2, 0.25) is 5.91 Å². The average Bonchev–Trinajstić information content (AvgIpc) is 3.77. The predicted octanol–water partition coefficient (Wildman–Crippen LogP) is 6.63. The van der Waals surface area contributed by atoms with Gasteiger partial charge in [-0.25, -0.2) is 9.37 Å². The van der Waals surface area contributed by atoms with Gasteiger partial charge in [-0.1, -0.05) is 12.1 Å². The molecular weight excluding hydrogens is 509 g/mol. The van der Waals surface area contributed by atoms with Crippen LogP contribution in [-0.2, 0) is 4.79 Å². The first kappa shape index (κ1) is 22.5. The number of anilines is 1. The molecule has 1 amide bonds. The number of imidazole rings is 1. The second-order valence-corrected chi connectivity index (χ2v) is 10.8. The highest BCUT2D eigenvalue weighted by Gasteiger charge is 2.49. The molecule has 3 N–H and O–H groups in total. The molecule has 35 heavy (non-hydrogen) atoms. The fourth-order valence-electron chi connectivity index (χ4n) is 5.48. The molecule has 0 radical (unpaired) electrons. The van der Waals surface area contributed by atoms with E-state index in [0.717, 1.165) is 53.9 Å². The standard InChI is InChI=1S/C27H27BrFN5O/c1-13-21(14(2)34-33-13)15-7-9-18(10-8-15)30-27(35)23(22(16-3-4-16)17-5-6-17)26-31-24-19(28)11-12-20(29)25(24)32-26/h7-12,16-17,22-23H,3-6H2,1-2H3,(H,30,35)(H,31,32)(H,33,34). The lowest BCUT2D eigenvalue weighted by atomic mass is 9.82. The smallest absolute Gasteiger partial charge is 0.235 e. The van der Waals surface area contributed by atoms with Crippen molar-refractivity contribution in [3.8, 4) is 11.1 Å². The molecule has 6 nitrogen and oxygen atoms in total. The molecule has 0 saturated heterocycles. The lowest BCUT2D eigenvalue weighted by Gasteiger charge is -2.25. The topological polar surface area (TPSA) is 86.5 Å². The fourth-order valence-corrected chi connectivity index (χ4v) is 5.90. The van der Waals surface area contributed by atoms with Crippen LogP contribution in [0.1, 0.15) is 48.8 Å². The van der Waals surface area contributed by atoms with Crippen molar-refractivity contribution < 1.29 is 9.18 Å². The first-order valence-corrected chi connectivity index (χ1v) is 13.0. The van der Waals surface area contributed by atoms with Gasteiger partial charge >= 0.3 is 0 Å². The molecule has 0 bridgehead atoms. The van der Waals surface area contributed by atoms with Crippen LogP contribution in [0, 0.1) is 37.4 Å². The maximum absolute atomic E-state index is 14.5. The number of carbonyl (C=O) groups excluding carboxylic acids is 1. The highest BCUT2D eigenvalue weighted by Crippen LogP contribution is 2.55. The van der Waals surface area contributed by atoms with Crippen LogP contribution in [0.5, 0.6) is 0 Å². The molecule has 2 aromatic heterocycles. The highest BCUT2D eigenvalue weighted by molar-refractivity contribution is 9.10. The summed E-state index contributed by atoms with van der Waals surface area (Å²) >= 11 is 3.48. The second kappa shape index (κ2) is 8.59. The molecule has 2 aliphatic carbocycles. The fraction of sp³-hybridized carbons (Fsp3) is 0.370. The van der Waals surface area contributed by atoms with E-state index in [2.05, 4.69) is 36.4 Å². The summed E-state index contributed by atoms with van der Waals surface area (Å²) in [5, 5.41) is 10.4. The van der Waals surface area contributed by atoms with Gasteiger partial charge in [0.05, 0.1) is 11.6 Å². The number of benzene rings is 2. The van der Waals surface area contributed by atoms with Gasteiger partial charge in [0.25, 0.3) is 0 Å². The van der Waals surface area contributed by atoms with Crippen molar-refractivity contribution in [1.29, 1.82) is 0 Å². The monoisotopic (exact) mass is 535 g/mol. The molecule has 4 aromatic rings. The summed E-state index contributed by atoms with van der Waals surface area (Å²) in [6.45, 7) is 3.98. The van der Waals surface area contributed by atoms with E-state index in [0.29, 0.717) is 33.2 Å². The van der Waals surface area contributed by atoms with Crippen LogP contribution in [-0.4, -0.2) is 26.1 Å². The van der Waals surface area contributed by atoms with E-state index >= 15 is 0 Å². The molecule has 0 aliphatic heterocycles. The van der Waals surface area contributed by atoms with E-state index in [1.54, 1.807) is 6.07 Å². The van der Waals surface area contributed by atoms with Gasteiger partial charge in [0.1, 0.15) is 22.7 Å². The number of nitrogens with one attached hydrogen (secondary N) is 3. The number of hydrogen-bond acceptors (Lipinski definition) is 3. The normalized spacial score (nSPS) is 16.7. The Morgan fingerprint density at radius 3 is 2.34 bits per heavy atom. The molecule has 1 unspecified atom stereocenters. The minimum Gasteiger partial charge on any atom is -0.339 e. The van der Waals surface area contributed by atoms with E-state index in [-0.39, 0.29) is 17.6 Å². The highest BCUT2D eigenvalue weighted by atomic mass is 79.9. The SMILES string of the molecule is Cc1n[nH]c(C)c1-c1ccc(NC(=O)C(c2nc3c(Br)ccc(F)c3[nH]2)C(C2CC2)C2CC2)cc1. The van der Waals surface area contributed by atoms with Crippen molar-refractivity contribution in [2.45, 2.75) is 45.4 Å². The van der Waals surface area contributed by atoms with E-state index in [1.165, 1.54) is 6.07 Å². The molecule has 6 rings (SSSR count). The molecule has 2 aliphatic rings. The van der Waals surface area contributed by atoms with Crippen LogP contribution in [0.4, 0.5) is 10.1 Å². The van der Waals surface area contributed by atoms with Crippen molar-refractivity contribution in [2.24, 2.45) is 17.8 Å². The largest absolute Gasteiger partial charge is 0.339 e. The van der Waals surface area contributed by atoms with Crippen molar-refractivity contribution in [3.63, 3.8) is 0 Å². The zero-order chi connectivity index (χ0) is 24.3. The number of H-pyrrole nitrogens is 2. The first-order chi connectivity index (χ1) is 16.9. The Morgan fingerprint density at radius 1 is 1.09 bits per heavy atom. The Bertz CT molecular complexity index is 1350. The third-order valence-corrected chi connectivity index (χ3v) is 8.07. The minimum absolute atomic E-state index is 0.0900. The maximum atomic E-state index is 14.5.